The lowest BCUT2D eigenvalue weighted by Gasteiger charge is -2.20. The smallest absolute Gasteiger partial charge is 0.290 e. The topological polar surface area (TPSA) is 59.5 Å². The summed E-state index contributed by atoms with van der Waals surface area (Å²) in [5, 5.41) is 4.20. The molecule has 2 heterocycles. The molecule has 0 bridgehead atoms. The van der Waals surface area contributed by atoms with Crippen molar-refractivity contribution in [3.63, 3.8) is 0 Å². The second-order valence-corrected chi connectivity index (χ2v) is 7.12. The second kappa shape index (κ2) is 8.19. The van der Waals surface area contributed by atoms with Gasteiger partial charge in [0, 0.05) is 18.2 Å². The third-order valence-electron chi connectivity index (χ3n) is 4.79. The summed E-state index contributed by atoms with van der Waals surface area (Å²) < 4.78 is 10.9. The van der Waals surface area contributed by atoms with Gasteiger partial charge >= 0.3 is 0 Å². The molecule has 0 spiro atoms. The molecule has 0 aliphatic heterocycles. The highest BCUT2D eigenvalue weighted by atomic mass is 16.5. The highest BCUT2D eigenvalue weighted by molar-refractivity contribution is 5.91. The maximum Gasteiger partial charge on any atom is 0.290 e. The molecule has 29 heavy (non-hydrogen) atoms. The molecular weight excluding hydrogens is 364 g/mol. The monoisotopic (exact) mass is 386 g/mol. The summed E-state index contributed by atoms with van der Waals surface area (Å²) in [4.78, 5) is 14.7. The van der Waals surface area contributed by atoms with Crippen LogP contribution in [0.5, 0.6) is 0 Å². The standard InChI is InChI=1S/C24H22N2O3/c1-17-10-11-21(18(2)13-17)23-14-20(25-29-23)16-26(15-19-7-4-3-5-8-19)24(27)22-9-6-12-28-22/h3-14H,15-16H2,1-2H3. The molecule has 0 N–H and O–H groups in total. The van der Waals surface area contributed by atoms with Gasteiger partial charge in [0.1, 0.15) is 5.69 Å². The summed E-state index contributed by atoms with van der Waals surface area (Å²) in [6.07, 6.45) is 1.50. The molecule has 0 unspecified atom stereocenters. The zero-order valence-electron chi connectivity index (χ0n) is 16.5. The van der Waals surface area contributed by atoms with Crippen LogP contribution in [-0.4, -0.2) is 16.0 Å². The van der Waals surface area contributed by atoms with E-state index in [2.05, 4.69) is 18.1 Å². The molecule has 0 fully saturated rings. The van der Waals surface area contributed by atoms with E-state index in [9.17, 15) is 4.79 Å². The fourth-order valence-electron chi connectivity index (χ4n) is 3.36. The zero-order chi connectivity index (χ0) is 20.2. The van der Waals surface area contributed by atoms with Crippen LogP contribution in [0, 0.1) is 13.8 Å². The molecule has 1 amide bonds. The van der Waals surface area contributed by atoms with Gasteiger partial charge in [-0.05, 0) is 37.1 Å². The largest absolute Gasteiger partial charge is 0.459 e. The van der Waals surface area contributed by atoms with E-state index in [-0.39, 0.29) is 5.91 Å². The number of aromatic nitrogens is 1. The Kier molecular flexibility index (Phi) is 5.29. The Morgan fingerprint density at radius 1 is 0.966 bits per heavy atom. The highest BCUT2D eigenvalue weighted by Gasteiger charge is 2.21. The molecule has 2 aromatic heterocycles. The van der Waals surface area contributed by atoms with E-state index in [0.29, 0.717) is 30.3 Å². The van der Waals surface area contributed by atoms with Crippen molar-refractivity contribution in [2.75, 3.05) is 0 Å². The number of hydrogen-bond donors (Lipinski definition) is 0. The number of carbonyl (C=O) groups excluding carboxylic acids is 1. The van der Waals surface area contributed by atoms with Crippen molar-refractivity contribution in [2.24, 2.45) is 0 Å². The lowest BCUT2D eigenvalue weighted by atomic mass is 10.0. The maximum atomic E-state index is 13.0. The van der Waals surface area contributed by atoms with Crippen LogP contribution in [0.3, 0.4) is 0 Å². The van der Waals surface area contributed by atoms with Crippen molar-refractivity contribution in [1.82, 2.24) is 10.1 Å². The number of rotatable bonds is 6. The molecule has 4 rings (SSSR count). The van der Waals surface area contributed by atoms with Gasteiger partial charge in [0.15, 0.2) is 11.5 Å². The van der Waals surface area contributed by atoms with E-state index in [1.165, 1.54) is 11.8 Å². The fraction of sp³-hybridized carbons (Fsp3) is 0.167. The lowest BCUT2D eigenvalue weighted by Crippen LogP contribution is -2.30. The Hall–Kier alpha value is -3.60. The van der Waals surface area contributed by atoms with E-state index in [1.807, 2.05) is 55.5 Å². The van der Waals surface area contributed by atoms with Crippen LogP contribution < -0.4 is 0 Å². The molecule has 0 saturated heterocycles. The maximum absolute atomic E-state index is 13.0. The normalized spacial score (nSPS) is 10.8. The van der Waals surface area contributed by atoms with E-state index < -0.39 is 0 Å². The summed E-state index contributed by atoms with van der Waals surface area (Å²) in [6.45, 7) is 4.88. The number of hydrogen-bond acceptors (Lipinski definition) is 4. The second-order valence-electron chi connectivity index (χ2n) is 7.12. The Labute approximate surface area is 169 Å². The van der Waals surface area contributed by atoms with E-state index >= 15 is 0 Å². The minimum atomic E-state index is -0.185. The molecule has 2 aromatic carbocycles. The molecule has 4 aromatic rings. The van der Waals surface area contributed by atoms with Gasteiger partial charge in [0.05, 0.1) is 12.8 Å². The van der Waals surface area contributed by atoms with E-state index in [4.69, 9.17) is 8.94 Å². The quantitative estimate of drug-likeness (QED) is 0.445. The van der Waals surface area contributed by atoms with E-state index in [1.54, 1.807) is 17.0 Å². The molecule has 5 nitrogen and oxygen atoms in total. The number of carbonyl (C=O) groups is 1. The minimum absolute atomic E-state index is 0.185. The summed E-state index contributed by atoms with van der Waals surface area (Å²) in [5.74, 6) is 0.816. The van der Waals surface area contributed by atoms with Crippen LogP contribution in [0.1, 0.15) is 32.9 Å². The SMILES string of the molecule is Cc1ccc(-c2cc(CN(Cc3ccccc3)C(=O)c3ccco3)no2)c(C)c1. The number of benzene rings is 2. The third kappa shape index (κ3) is 4.29. The van der Waals surface area contributed by atoms with Crippen LogP contribution in [0.15, 0.2) is 81.9 Å². The third-order valence-corrected chi connectivity index (χ3v) is 4.79. The summed E-state index contributed by atoms with van der Waals surface area (Å²) in [5.41, 5.74) is 5.05. The van der Waals surface area contributed by atoms with Gasteiger partial charge in [-0.3, -0.25) is 4.79 Å². The van der Waals surface area contributed by atoms with Crippen molar-refractivity contribution in [2.45, 2.75) is 26.9 Å². The molecule has 5 heteroatoms. The Morgan fingerprint density at radius 2 is 1.79 bits per heavy atom. The van der Waals surface area contributed by atoms with Crippen molar-refractivity contribution in [3.05, 3.63) is 101 Å². The molecule has 0 aliphatic rings. The predicted octanol–water partition coefficient (Wildman–Crippen LogP) is 5.39. The summed E-state index contributed by atoms with van der Waals surface area (Å²) >= 11 is 0. The first-order chi connectivity index (χ1) is 14.1. The number of furan rings is 1. The molecule has 0 atom stereocenters. The first kappa shape index (κ1) is 18.7. The Bertz CT molecular complexity index is 1100. The van der Waals surface area contributed by atoms with Gasteiger partial charge in [-0.2, -0.15) is 0 Å². The van der Waals surface area contributed by atoms with Gasteiger partial charge in [0.2, 0.25) is 0 Å². The first-order valence-corrected chi connectivity index (χ1v) is 9.50. The van der Waals surface area contributed by atoms with E-state index in [0.717, 1.165) is 16.7 Å². The Balaban J connectivity index is 1.59. The van der Waals surface area contributed by atoms with Crippen LogP contribution in [0.2, 0.25) is 0 Å². The zero-order valence-corrected chi connectivity index (χ0v) is 16.5. The van der Waals surface area contributed by atoms with Crippen molar-refractivity contribution >= 4 is 5.91 Å². The molecule has 0 aliphatic carbocycles. The van der Waals surface area contributed by atoms with Gasteiger partial charge in [-0.15, -0.1) is 0 Å². The van der Waals surface area contributed by atoms with Gasteiger partial charge in [-0.25, -0.2) is 0 Å². The number of nitrogens with zero attached hydrogens (tertiary/aromatic N) is 2. The molecule has 0 saturated carbocycles. The average molecular weight is 386 g/mol. The fourth-order valence-corrected chi connectivity index (χ4v) is 3.36. The number of amides is 1. The van der Waals surface area contributed by atoms with Crippen LogP contribution >= 0.6 is 0 Å². The van der Waals surface area contributed by atoms with Crippen LogP contribution in [-0.2, 0) is 13.1 Å². The molecule has 0 radical (unpaired) electrons. The predicted molar refractivity (Wildman–Crippen MR) is 110 cm³/mol. The number of aryl methyl sites for hydroxylation is 2. The molecule has 146 valence electrons. The minimum Gasteiger partial charge on any atom is -0.459 e. The van der Waals surface area contributed by atoms with Gasteiger partial charge in [0.25, 0.3) is 5.91 Å². The van der Waals surface area contributed by atoms with Crippen molar-refractivity contribution < 1.29 is 13.7 Å². The average Bonchev–Trinajstić information content (AvgIpc) is 3.40. The van der Waals surface area contributed by atoms with Gasteiger partial charge in [-0.1, -0.05) is 59.3 Å². The summed E-state index contributed by atoms with van der Waals surface area (Å²) in [6, 6.07) is 21.3. The Morgan fingerprint density at radius 3 is 2.52 bits per heavy atom. The first-order valence-electron chi connectivity index (χ1n) is 9.50. The molecular formula is C24H22N2O3. The van der Waals surface area contributed by atoms with Crippen LogP contribution in [0.25, 0.3) is 11.3 Å². The van der Waals surface area contributed by atoms with Crippen molar-refractivity contribution in [1.29, 1.82) is 0 Å². The van der Waals surface area contributed by atoms with Gasteiger partial charge < -0.3 is 13.8 Å². The summed E-state index contributed by atoms with van der Waals surface area (Å²) in [7, 11) is 0. The lowest BCUT2D eigenvalue weighted by molar-refractivity contribution is 0.0694. The van der Waals surface area contributed by atoms with Crippen LogP contribution in [0.4, 0.5) is 0 Å². The van der Waals surface area contributed by atoms with Crippen molar-refractivity contribution in [3.8, 4) is 11.3 Å². The highest BCUT2D eigenvalue weighted by Crippen LogP contribution is 2.26.